The number of nitrogens with one attached hydrogen (secondary N) is 1. The first-order valence-corrected chi connectivity index (χ1v) is 8.08. The van der Waals surface area contributed by atoms with Gasteiger partial charge in [-0.25, -0.2) is 13.9 Å². The predicted octanol–water partition coefficient (Wildman–Crippen LogP) is 3.19. The molecule has 0 fully saturated rings. The Bertz CT molecular complexity index is 1140. The number of methoxy groups -OCH3 is 1. The number of anilines is 1. The number of hydrogen-bond acceptors (Lipinski definition) is 5. The number of carbonyl (C=O) groups is 1. The van der Waals surface area contributed by atoms with Gasteiger partial charge in [-0.3, -0.25) is 4.79 Å². The van der Waals surface area contributed by atoms with Crippen molar-refractivity contribution in [2.75, 3.05) is 12.4 Å². The Kier molecular flexibility index (Phi) is 4.21. The molecule has 0 aliphatic heterocycles. The minimum Gasteiger partial charge on any atom is -0.481 e. The molecular weight excluding hydrogens is 349 g/mol. The Balaban J connectivity index is 1.70. The zero-order chi connectivity index (χ0) is 18.8. The van der Waals surface area contributed by atoms with Gasteiger partial charge in [-0.15, -0.1) is 0 Å². The summed E-state index contributed by atoms with van der Waals surface area (Å²) in [6, 6.07) is 14.7. The Hall–Kier alpha value is -3.81. The molecule has 4 aromatic rings. The van der Waals surface area contributed by atoms with Crippen molar-refractivity contribution in [1.29, 1.82) is 0 Å². The average Bonchev–Trinajstić information content (AvgIpc) is 3.12. The van der Waals surface area contributed by atoms with Gasteiger partial charge < -0.3 is 10.1 Å². The van der Waals surface area contributed by atoms with E-state index in [0.717, 1.165) is 0 Å². The molecule has 0 aliphatic carbocycles. The summed E-state index contributed by atoms with van der Waals surface area (Å²) in [7, 11) is 1.49. The minimum absolute atomic E-state index is 0.202. The molecule has 4 rings (SSSR count). The van der Waals surface area contributed by atoms with E-state index in [1.54, 1.807) is 48.5 Å². The third-order valence-electron chi connectivity index (χ3n) is 3.92. The number of carbonyl (C=O) groups excluding carboxylic acids is 1. The standard InChI is InChI=1S/C19H14FN5O2/c1-27-18-8-4-7-16(22-18)23-19(26)15-11-21-17-10-9-14(24-25(15)17)12-5-2-3-6-13(12)20/h2-11H,1H3,(H,22,23,26). The second-order valence-corrected chi connectivity index (χ2v) is 5.63. The molecule has 7 nitrogen and oxygen atoms in total. The monoisotopic (exact) mass is 363 g/mol. The van der Waals surface area contributed by atoms with Gasteiger partial charge in [0.05, 0.1) is 19.0 Å². The van der Waals surface area contributed by atoms with Crippen LogP contribution >= 0.6 is 0 Å². The average molecular weight is 363 g/mol. The number of nitrogens with zero attached hydrogens (tertiary/aromatic N) is 4. The molecule has 3 heterocycles. The summed E-state index contributed by atoms with van der Waals surface area (Å²) in [5.74, 6) is -0.122. The van der Waals surface area contributed by atoms with Crippen LogP contribution in [0.15, 0.2) is 60.8 Å². The van der Waals surface area contributed by atoms with Gasteiger partial charge in [0, 0.05) is 11.6 Å². The molecule has 0 saturated heterocycles. The molecule has 0 unspecified atom stereocenters. The van der Waals surface area contributed by atoms with Crippen LogP contribution in [-0.4, -0.2) is 32.6 Å². The maximum absolute atomic E-state index is 14.1. The molecule has 1 amide bonds. The third kappa shape index (κ3) is 3.20. The molecule has 8 heteroatoms. The van der Waals surface area contributed by atoms with Crippen LogP contribution in [0.3, 0.4) is 0 Å². The minimum atomic E-state index is -0.443. The highest BCUT2D eigenvalue weighted by molar-refractivity contribution is 6.02. The molecule has 1 N–H and O–H groups in total. The quantitative estimate of drug-likeness (QED) is 0.602. The summed E-state index contributed by atoms with van der Waals surface area (Å²) in [5, 5.41) is 7.05. The molecule has 27 heavy (non-hydrogen) atoms. The van der Waals surface area contributed by atoms with Crippen LogP contribution in [0.1, 0.15) is 10.5 Å². The van der Waals surface area contributed by atoms with Crippen molar-refractivity contribution < 1.29 is 13.9 Å². The first-order valence-electron chi connectivity index (χ1n) is 8.08. The van der Waals surface area contributed by atoms with Gasteiger partial charge in [-0.05, 0) is 30.3 Å². The number of fused-ring (bicyclic) bond motifs is 1. The highest BCUT2D eigenvalue weighted by Crippen LogP contribution is 2.21. The Labute approximate surface area is 153 Å². The summed E-state index contributed by atoms with van der Waals surface area (Å²) in [6.07, 6.45) is 1.41. The zero-order valence-electron chi connectivity index (χ0n) is 14.3. The molecule has 1 aromatic carbocycles. The number of rotatable bonds is 4. The highest BCUT2D eigenvalue weighted by atomic mass is 19.1. The van der Waals surface area contributed by atoms with Gasteiger partial charge in [0.25, 0.3) is 5.91 Å². The maximum Gasteiger partial charge on any atom is 0.277 e. The third-order valence-corrected chi connectivity index (χ3v) is 3.92. The van der Waals surface area contributed by atoms with Crippen molar-refractivity contribution in [3.8, 4) is 17.1 Å². The molecule has 0 radical (unpaired) electrons. The summed E-state index contributed by atoms with van der Waals surface area (Å²) >= 11 is 0. The number of pyridine rings is 1. The fraction of sp³-hybridized carbons (Fsp3) is 0.0526. The molecule has 134 valence electrons. The molecular formula is C19H14FN5O2. The summed E-state index contributed by atoms with van der Waals surface area (Å²) in [6.45, 7) is 0. The molecule has 0 atom stereocenters. The van der Waals surface area contributed by atoms with Crippen molar-refractivity contribution in [2.24, 2.45) is 0 Å². The number of benzene rings is 1. The highest BCUT2D eigenvalue weighted by Gasteiger charge is 2.16. The molecule has 0 aliphatic rings. The van der Waals surface area contributed by atoms with E-state index in [1.165, 1.54) is 23.9 Å². The van der Waals surface area contributed by atoms with Gasteiger partial charge in [0.2, 0.25) is 5.88 Å². The van der Waals surface area contributed by atoms with Crippen molar-refractivity contribution in [1.82, 2.24) is 19.6 Å². The van der Waals surface area contributed by atoms with Crippen molar-refractivity contribution >= 4 is 17.4 Å². The smallest absolute Gasteiger partial charge is 0.277 e. The number of halogens is 1. The lowest BCUT2D eigenvalue weighted by molar-refractivity contribution is 0.102. The van der Waals surface area contributed by atoms with E-state index in [1.807, 2.05) is 0 Å². The number of imidazole rings is 1. The van der Waals surface area contributed by atoms with Gasteiger partial charge in [0.15, 0.2) is 11.3 Å². The van der Waals surface area contributed by atoms with E-state index in [2.05, 4.69) is 20.4 Å². The van der Waals surface area contributed by atoms with Crippen LogP contribution < -0.4 is 10.1 Å². The van der Waals surface area contributed by atoms with E-state index in [9.17, 15) is 9.18 Å². The lowest BCUT2D eigenvalue weighted by Gasteiger charge is -2.07. The van der Waals surface area contributed by atoms with Crippen LogP contribution in [0.25, 0.3) is 16.9 Å². The van der Waals surface area contributed by atoms with Gasteiger partial charge in [-0.1, -0.05) is 18.2 Å². The van der Waals surface area contributed by atoms with E-state index >= 15 is 0 Å². The number of amides is 1. The van der Waals surface area contributed by atoms with E-state index in [0.29, 0.717) is 28.6 Å². The Morgan fingerprint density at radius 3 is 2.78 bits per heavy atom. The van der Waals surface area contributed by atoms with Crippen LogP contribution in [0.5, 0.6) is 5.88 Å². The maximum atomic E-state index is 14.1. The second kappa shape index (κ2) is 6.83. The fourth-order valence-electron chi connectivity index (χ4n) is 2.62. The first kappa shape index (κ1) is 16.6. The molecule has 0 saturated carbocycles. The van der Waals surface area contributed by atoms with E-state index in [4.69, 9.17) is 4.74 Å². The van der Waals surface area contributed by atoms with E-state index in [-0.39, 0.29) is 5.69 Å². The Morgan fingerprint density at radius 2 is 1.96 bits per heavy atom. The summed E-state index contributed by atoms with van der Waals surface area (Å²) in [5.41, 5.74) is 1.41. The van der Waals surface area contributed by atoms with Crippen LogP contribution in [-0.2, 0) is 0 Å². The summed E-state index contributed by atoms with van der Waals surface area (Å²) < 4.78 is 20.5. The SMILES string of the molecule is COc1cccc(NC(=O)c2cnc3ccc(-c4ccccc4F)nn23)n1. The molecule has 0 spiro atoms. The number of hydrogen-bond donors (Lipinski definition) is 1. The van der Waals surface area contributed by atoms with Gasteiger partial charge in [-0.2, -0.15) is 10.1 Å². The topological polar surface area (TPSA) is 81.4 Å². The van der Waals surface area contributed by atoms with Gasteiger partial charge >= 0.3 is 0 Å². The lowest BCUT2D eigenvalue weighted by atomic mass is 10.1. The van der Waals surface area contributed by atoms with Gasteiger partial charge in [0.1, 0.15) is 11.6 Å². The van der Waals surface area contributed by atoms with Crippen LogP contribution in [0, 0.1) is 5.82 Å². The molecule has 0 bridgehead atoms. The van der Waals surface area contributed by atoms with Crippen LogP contribution in [0.4, 0.5) is 10.2 Å². The van der Waals surface area contributed by atoms with E-state index < -0.39 is 11.7 Å². The molecule has 3 aromatic heterocycles. The second-order valence-electron chi connectivity index (χ2n) is 5.63. The number of aromatic nitrogens is 4. The first-order chi connectivity index (χ1) is 13.2. The normalized spacial score (nSPS) is 10.7. The Morgan fingerprint density at radius 1 is 1.11 bits per heavy atom. The lowest BCUT2D eigenvalue weighted by Crippen LogP contribution is -2.16. The largest absolute Gasteiger partial charge is 0.481 e. The van der Waals surface area contributed by atoms with Crippen molar-refractivity contribution in [2.45, 2.75) is 0 Å². The van der Waals surface area contributed by atoms with Crippen LogP contribution in [0.2, 0.25) is 0 Å². The zero-order valence-corrected chi connectivity index (χ0v) is 14.3. The number of ether oxygens (including phenoxy) is 1. The summed E-state index contributed by atoms with van der Waals surface area (Å²) in [4.78, 5) is 21.0. The van der Waals surface area contributed by atoms with Crippen molar-refractivity contribution in [3.05, 3.63) is 72.3 Å². The predicted molar refractivity (Wildman–Crippen MR) is 97.1 cm³/mol. The fourth-order valence-corrected chi connectivity index (χ4v) is 2.62. The van der Waals surface area contributed by atoms with Crippen molar-refractivity contribution in [3.63, 3.8) is 0 Å².